The summed E-state index contributed by atoms with van der Waals surface area (Å²) < 4.78 is 2.10. The lowest BCUT2D eigenvalue weighted by molar-refractivity contribution is -0.135. The van der Waals surface area contributed by atoms with Crippen molar-refractivity contribution in [2.75, 3.05) is 6.54 Å². The van der Waals surface area contributed by atoms with E-state index in [0.717, 1.165) is 42.9 Å². The average molecular weight is 329 g/mol. The van der Waals surface area contributed by atoms with Crippen molar-refractivity contribution >= 4 is 5.91 Å². The number of hydrogen-bond acceptors (Lipinski definition) is 3. The zero-order chi connectivity index (χ0) is 17.1. The summed E-state index contributed by atoms with van der Waals surface area (Å²) >= 11 is 0. The Hall–Kier alpha value is -2.11. The number of H-pyrrole nitrogens is 1. The SMILES string of the molecule is Cc1cn[nH]c1C1CCCCN1C(=O)CCn1ccnc1C(C)C. The number of carbonyl (C=O) groups excluding carboxylic acids is 1. The molecule has 2 aromatic rings. The first-order valence-electron chi connectivity index (χ1n) is 8.88. The highest BCUT2D eigenvalue weighted by Crippen LogP contribution is 2.31. The van der Waals surface area contributed by atoms with Crippen molar-refractivity contribution in [2.45, 2.75) is 65.0 Å². The zero-order valence-electron chi connectivity index (χ0n) is 14.8. The van der Waals surface area contributed by atoms with Gasteiger partial charge in [-0.3, -0.25) is 9.89 Å². The molecule has 6 nitrogen and oxygen atoms in total. The number of carbonyl (C=O) groups is 1. The third-order valence-corrected chi connectivity index (χ3v) is 4.86. The molecule has 0 saturated carbocycles. The quantitative estimate of drug-likeness (QED) is 0.916. The van der Waals surface area contributed by atoms with Gasteiger partial charge in [-0.15, -0.1) is 0 Å². The van der Waals surface area contributed by atoms with Crippen molar-refractivity contribution < 1.29 is 4.79 Å². The molecule has 0 radical (unpaired) electrons. The number of piperidine rings is 1. The van der Waals surface area contributed by atoms with Gasteiger partial charge < -0.3 is 9.47 Å². The van der Waals surface area contributed by atoms with Crippen molar-refractivity contribution in [1.29, 1.82) is 0 Å². The Bertz CT molecular complexity index is 687. The van der Waals surface area contributed by atoms with Gasteiger partial charge >= 0.3 is 0 Å². The Kier molecular flexibility index (Phi) is 5.02. The van der Waals surface area contributed by atoms with Crippen LogP contribution in [0.25, 0.3) is 0 Å². The lowest BCUT2D eigenvalue weighted by Gasteiger charge is -2.35. The van der Waals surface area contributed by atoms with E-state index in [1.807, 2.05) is 23.5 Å². The molecule has 1 atom stereocenters. The number of nitrogens with one attached hydrogen (secondary N) is 1. The van der Waals surface area contributed by atoms with Gasteiger partial charge in [-0.2, -0.15) is 5.10 Å². The smallest absolute Gasteiger partial charge is 0.224 e. The van der Waals surface area contributed by atoms with Crippen LogP contribution in [0.3, 0.4) is 0 Å². The number of aromatic nitrogens is 4. The number of hydrogen-bond donors (Lipinski definition) is 1. The van der Waals surface area contributed by atoms with E-state index in [1.165, 1.54) is 0 Å². The van der Waals surface area contributed by atoms with Crippen LogP contribution in [-0.2, 0) is 11.3 Å². The molecule has 3 rings (SSSR count). The number of nitrogens with zero attached hydrogens (tertiary/aromatic N) is 4. The first-order chi connectivity index (χ1) is 11.6. The van der Waals surface area contributed by atoms with Crippen molar-refractivity contribution in [3.8, 4) is 0 Å². The molecule has 0 aromatic carbocycles. The Balaban J connectivity index is 1.68. The highest BCUT2D eigenvalue weighted by molar-refractivity contribution is 5.76. The third kappa shape index (κ3) is 3.37. The fraction of sp³-hybridized carbons (Fsp3) is 0.611. The molecule has 0 bridgehead atoms. The van der Waals surface area contributed by atoms with Crippen LogP contribution in [-0.4, -0.2) is 37.1 Å². The number of amides is 1. The minimum atomic E-state index is 0.140. The number of imidazole rings is 1. The molecule has 1 fully saturated rings. The van der Waals surface area contributed by atoms with Gasteiger partial charge in [0.15, 0.2) is 0 Å². The van der Waals surface area contributed by atoms with Crippen LogP contribution in [0.15, 0.2) is 18.6 Å². The van der Waals surface area contributed by atoms with E-state index in [0.29, 0.717) is 18.9 Å². The summed E-state index contributed by atoms with van der Waals surface area (Å²) in [5, 5.41) is 7.23. The van der Waals surface area contributed by atoms with Crippen molar-refractivity contribution in [3.05, 3.63) is 35.7 Å². The molecule has 1 N–H and O–H groups in total. The van der Waals surface area contributed by atoms with E-state index in [4.69, 9.17) is 0 Å². The molecule has 1 amide bonds. The highest BCUT2D eigenvalue weighted by atomic mass is 16.2. The van der Waals surface area contributed by atoms with Gasteiger partial charge in [0.25, 0.3) is 0 Å². The van der Waals surface area contributed by atoms with Crippen LogP contribution >= 0.6 is 0 Å². The molecule has 1 saturated heterocycles. The standard InChI is InChI=1S/C18H27N5O/c1-13(2)18-19-8-11-22(18)10-7-16(24)23-9-5-4-6-15(23)17-14(3)12-20-21-17/h8,11-13,15H,4-7,9-10H2,1-3H3,(H,20,21). The summed E-state index contributed by atoms with van der Waals surface area (Å²) in [7, 11) is 0. The number of aromatic amines is 1. The number of rotatable bonds is 5. The molecule has 0 spiro atoms. The van der Waals surface area contributed by atoms with Gasteiger partial charge in [0.05, 0.1) is 17.9 Å². The van der Waals surface area contributed by atoms with E-state index in [9.17, 15) is 4.79 Å². The summed E-state index contributed by atoms with van der Waals surface area (Å²) in [5.74, 6) is 1.63. The summed E-state index contributed by atoms with van der Waals surface area (Å²) in [4.78, 5) is 19.3. The van der Waals surface area contributed by atoms with Crippen LogP contribution in [0, 0.1) is 6.92 Å². The minimum Gasteiger partial charge on any atom is -0.334 e. The maximum Gasteiger partial charge on any atom is 0.224 e. The molecular weight excluding hydrogens is 302 g/mol. The number of likely N-dealkylation sites (tertiary alicyclic amines) is 1. The molecule has 130 valence electrons. The maximum absolute atomic E-state index is 12.8. The van der Waals surface area contributed by atoms with Gasteiger partial charge in [-0.25, -0.2) is 4.98 Å². The first-order valence-corrected chi connectivity index (χ1v) is 8.88. The monoisotopic (exact) mass is 329 g/mol. The predicted octanol–water partition coefficient (Wildman–Crippen LogP) is 3.18. The molecule has 3 heterocycles. The maximum atomic E-state index is 12.8. The Morgan fingerprint density at radius 1 is 1.42 bits per heavy atom. The Labute approximate surface area is 143 Å². The van der Waals surface area contributed by atoms with Crippen molar-refractivity contribution in [1.82, 2.24) is 24.6 Å². The number of aryl methyl sites for hydroxylation is 2. The van der Waals surface area contributed by atoms with Crippen LogP contribution < -0.4 is 0 Å². The molecule has 0 aliphatic carbocycles. The van der Waals surface area contributed by atoms with E-state index in [-0.39, 0.29) is 11.9 Å². The average Bonchev–Trinajstić information content (AvgIpc) is 3.21. The van der Waals surface area contributed by atoms with Crippen molar-refractivity contribution in [2.24, 2.45) is 0 Å². The lowest BCUT2D eigenvalue weighted by Crippen LogP contribution is -2.39. The van der Waals surface area contributed by atoms with Gasteiger partial charge in [0.2, 0.25) is 5.91 Å². The Morgan fingerprint density at radius 3 is 2.96 bits per heavy atom. The van der Waals surface area contributed by atoms with E-state index in [1.54, 1.807) is 0 Å². The highest BCUT2D eigenvalue weighted by Gasteiger charge is 2.29. The minimum absolute atomic E-state index is 0.140. The van der Waals surface area contributed by atoms with E-state index >= 15 is 0 Å². The van der Waals surface area contributed by atoms with E-state index in [2.05, 4.69) is 40.5 Å². The van der Waals surface area contributed by atoms with Gasteiger partial charge in [-0.05, 0) is 31.7 Å². The topological polar surface area (TPSA) is 66.8 Å². The molecule has 2 aromatic heterocycles. The van der Waals surface area contributed by atoms with Crippen LogP contribution in [0.1, 0.15) is 68.6 Å². The van der Waals surface area contributed by atoms with Crippen molar-refractivity contribution in [3.63, 3.8) is 0 Å². The van der Waals surface area contributed by atoms with Gasteiger partial charge in [0.1, 0.15) is 5.82 Å². The van der Waals surface area contributed by atoms with Crippen LogP contribution in [0.4, 0.5) is 0 Å². The normalized spacial score (nSPS) is 18.3. The van der Waals surface area contributed by atoms with Gasteiger partial charge in [0, 0.05) is 37.8 Å². The summed E-state index contributed by atoms with van der Waals surface area (Å²) in [6, 6.07) is 0.140. The second-order valence-electron chi connectivity index (χ2n) is 6.95. The summed E-state index contributed by atoms with van der Waals surface area (Å²) in [5.41, 5.74) is 2.23. The fourth-order valence-electron chi connectivity index (χ4n) is 3.59. The summed E-state index contributed by atoms with van der Waals surface area (Å²) in [6.45, 7) is 7.83. The predicted molar refractivity (Wildman–Crippen MR) is 92.6 cm³/mol. The van der Waals surface area contributed by atoms with E-state index < -0.39 is 0 Å². The molecular formula is C18H27N5O. The van der Waals surface area contributed by atoms with Crippen LogP contribution in [0.5, 0.6) is 0 Å². The molecule has 24 heavy (non-hydrogen) atoms. The van der Waals surface area contributed by atoms with Crippen LogP contribution in [0.2, 0.25) is 0 Å². The molecule has 1 unspecified atom stereocenters. The largest absolute Gasteiger partial charge is 0.334 e. The molecule has 1 aliphatic heterocycles. The van der Waals surface area contributed by atoms with Gasteiger partial charge in [-0.1, -0.05) is 13.8 Å². The third-order valence-electron chi connectivity index (χ3n) is 4.86. The molecule has 1 aliphatic rings. The second kappa shape index (κ2) is 7.20. The second-order valence-corrected chi connectivity index (χ2v) is 6.95. The molecule has 6 heteroatoms. The Morgan fingerprint density at radius 2 is 2.25 bits per heavy atom. The first kappa shape index (κ1) is 16.7. The summed E-state index contributed by atoms with van der Waals surface area (Å²) in [6.07, 6.45) is 9.39. The fourth-order valence-corrected chi connectivity index (χ4v) is 3.59. The zero-order valence-corrected chi connectivity index (χ0v) is 14.8. The lowest BCUT2D eigenvalue weighted by atomic mass is 9.97.